The second-order valence-corrected chi connectivity index (χ2v) is 5.04. The standard InChI is InChI=1S/C16H17F3N2/c1-10-7-12(17)6-5-11(10)8-13(21-20)9-14-15(18)3-2-4-16(14)19/h2-7,13,21H,8-9,20H2,1H3. The summed E-state index contributed by atoms with van der Waals surface area (Å²) in [6.45, 7) is 1.79. The first-order valence-electron chi connectivity index (χ1n) is 6.65. The largest absolute Gasteiger partial charge is 0.271 e. The van der Waals surface area contributed by atoms with Crippen LogP contribution in [0.5, 0.6) is 0 Å². The summed E-state index contributed by atoms with van der Waals surface area (Å²) in [6, 6.07) is 7.85. The number of hydrogen-bond acceptors (Lipinski definition) is 2. The van der Waals surface area contributed by atoms with Gasteiger partial charge < -0.3 is 0 Å². The smallest absolute Gasteiger partial charge is 0.129 e. The highest BCUT2D eigenvalue weighted by Gasteiger charge is 2.16. The summed E-state index contributed by atoms with van der Waals surface area (Å²) >= 11 is 0. The monoisotopic (exact) mass is 294 g/mol. The Balaban J connectivity index is 2.17. The molecule has 0 amide bonds. The van der Waals surface area contributed by atoms with Crippen molar-refractivity contribution in [3.63, 3.8) is 0 Å². The van der Waals surface area contributed by atoms with Gasteiger partial charge in [0, 0.05) is 11.6 Å². The molecule has 0 bridgehead atoms. The SMILES string of the molecule is Cc1cc(F)ccc1CC(Cc1c(F)cccc1F)NN. The molecule has 0 aliphatic carbocycles. The molecule has 0 spiro atoms. The minimum atomic E-state index is -0.592. The first-order chi connectivity index (χ1) is 10.0. The van der Waals surface area contributed by atoms with Crippen LogP contribution in [0.3, 0.4) is 0 Å². The van der Waals surface area contributed by atoms with Crippen molar-refractivity contribution >= 4 is 0 Å². The fraction of sp³-hybridized carbons (Fsp3) is 0.250. The van der Waals surface area contributed by atoms with Crippen molar-refractivity contribution in [1.29, 1.82) is 0 Å². The number of rotatable bonds is 5. The van der Waals surface area contributed by atoms with Gasteiger partial charge in [0.05, 0.1) is 0 Å². The number of hydrogen-bond donors (Lipinski definition) is 2. The summed E-state index contributed by atoms with van der Waals surface area (Å²) in [5, 5.41) is 0. The Morgan fingerprint density at radius 3 is 2.29 bits per heavy atom. The molecule has 1 unspecified atom stereocenters. The van der Waals surface area contributed by atoms with Crippen LogP contribution in [-0.2, 0) is 12.8 Å². The Labute approximate surface area is 121 Å². The van der Waals surface area contributed by atoms with Gasteiger partial charge in [-0.3, -0.25) is 11.3 Å². The number of aryl methyl sites for hydroxylation is 1. The van der Waals surface area contributed by atoms with Gasteiger partial charge in [-0.1, -0.05) is 12.1 Å². The summed E-state index contributed by atoms with van der Waals surface area (Å²) in [6.07, 6.45) is 0.572. The fourth-order valence-electron chi connectivity index (χ4n) is 2.32. The molecular formula is C16H17F3N2. The second-order valence-electron chi connectivity index (χ2n) is 5.04. The summed E-state index contributed by atoms with van der Waals surface area (Å²) in [7, 11) is 0. The van der Waals surface area contributed by atoms with Crippen molar-refractivity contribution in [2.75, 3.05) is 0 Å². The van der Waals surface area contributed by atoms with Crippen molar-refractivity contribution in [3.05, 3.63) is 70.5 Å². The average Bonchev–Trinajstić information content (AvgIpc) is 2.44. The molecule has 0 fully saturated rings. The molecule has 0 saturated heterocycles. The molecule has 0 aliphatic rings. The lowest BCUT2D eigenvalue weighted by Crippen LogP contribution is -2.39. The molecule has 2 rings (SSSR count). The molecule has 5 heteroatoms. The van der Waals surface area contributed by atoms with E-state index in [1.165, 1.54) is 30.3 Å². The van der Waals surface area contributed by atoms with Crippen LogP contribution in [0.1, 0.15) is 16.7 Å². The maximum absolute atomic E-state index is 13.7. The quantitative estimate of drug-likeness (QED) is 0.657. The Kier molecular flexibility index (Phi) is 4.98. The summed E-state index contributed by atoms with van der Waals surface area (Å²) < 4.78 is 40.4. The van der Waals surface area contributed by atoms with Gasteiger partial charge in [0.25, 0.3) is 0 Å². The van der Waals surface area contributed by atoms with E-state index in [2.05, 4.69) is 5.43 Å². The predicted molar refractivity (Wildman–Crippen MR) is 76.0 cm³/mol. The third-order valence-electron chi connectivity index (χ3n) is 3.52. The van der Waals surface area contributed by atoms with Gasteiger partial charge in [-0.15, -0.1) is 0 Å². The lowest BCUT2D eigenvalue weighted by Gasteiger charge is -2.18. The van der Waals surface area contributed by atoms with Gasteiger partial charge in [-0.05, 0) is 55.2 Å². The van der Waals surface area contributed by atoms with E-state index >= 15 is 0 Å². The Hall–Kier alpha value is -1.85. The van der Waals surface area contributed by atoms with Crippen LogP contribution in [0.15, 0.2) is 36.4 Å². The van der Waals surface area contributed by atoms with Gasteiger partial charge >= 0.3 is 0 Å². The average molecular weight is 294 g/mol. The molecule has 3 N–H and O–H groups in total. The van der Waals surface area contributed by atoms with Gasteiger partial charge in [0.15, 0.2) is 0 Å². The van der Waals surface area contributed by atoms with Crippen molar-refractivity contribution in [3.8, 4) is 0 Å². The molecule has 21 heavy (non-hydrogen) atoms. The van der Waals surface area contributed by atoms with Gasteiger partial charge in [0.2, 0.25) is 0 Å². The highest BCUT2D eigenvalue weighted by Crippen LogP contribution is 2.18. The molecule has 0 aromatic heterocycles. The molecule has 112 valence electrons. The molecule has 2 nitrogen and oxygen atoms in total. The Bertz CT molecular complexity index is 609. The lowest BCUT2D eigenvalue weighted by atomic mass is 9.96. The minimum Gasteiger partial charge on any atom is -0.271 e. The number of nitrogens with one attached hydrogen (secondary N) is 1. The van der Waals surface area contributed by atoms with Crippen LogP contribution in [-0.4, -0.2) is 6.04 Å². The van der Waals surface area contributed by atoms with E-state index in [0.29, 0.717) is 6.42 Å². The van der Waals surface area contributed by atoms with Crippen molar-refractivity contribution in [2.45, 2.75) is 25.8 Å². The van der Waals surface area contributed by atoms with Crippen molar-refractivity contribution < 1.29 is 13.2 Å². The summed E-state index contributed by atoms with van der Waals surface area (Å²) in [5.74, 6) is 3.98. The van der Waals surface area contributed by atoms with E-state index in [-0.39, 0.29) is 23.8 Å². The Morgan fingerprint density at radius 2 is 1.71 bits per heavy atom. The van der Waals surface area contributed by atoms with Crippen LogP contribution < -0.4 is 11.3 Å². The molecular weight excluding hydrogens is 277 g/mol. The van der Waals surface area contributed by atoms with Crippen LogP contribution in [0.25, 0.3) is 0 Å². The van der Waals surface area contributed by atoms with Gasteiger partial charge in [0.1, 0.15) is 17.5 Å². The van der Waals surface area contributed by atoms with Crippen LogP contribution in [0.4, 0.5) is 13.2 Å². The molecule has 2 aromatic carbocycles. The van der Waals surface area contributed by atoms with Gasteiger partial charge in [-0.2, -0.15) is 0 Å². The third kappa shape index (κ3) is 3.83. The number of nitrogens with two attached hydrogens (primary N) is 1. The molecule has 0 aliphatic heterocycles. The normalized spacial score (nSPS) is 12.4. The summed E-state index contributed by atoms with van der Waals surface area (Å²) in [5.41, 5.74) is 4.24. The van der Waals surface area contributed by atoms with E-state index in [1.54, 1.807) is 13.0 Å². The van der Waals surface area contributed by atoms with Crippen molar-refractivity contribution in [1.82, 2.24) is 5.43 Å². The zero-order valence-corrected chi connectivity index (χ0v) is 11.7. The molecule has 2 aromatic rings. The Morgan fingerprint density at radius 1 is 1.05 bits per heavy atom. The first-order valence-corrected chi connectivity index (χ1v) is 6.65. The van der Waals surface area contributed by atoms with E-state index < -0.39 is 11.6 Å². The maximum Gasteiger partial charge on any atom is 0.129 e. The predicted octanol–water partition coefficient (Wildman–Crippen LogP) is 3.03. The minimum absolute atomic E-state index is 0.000199. The number of halogens is 3. The summed E-state index contributed by atoms with van der Waals surface area (Å²) in [4.78, 5) is 0. The third-order valence-corrected chi connectivity index (χ3v) is 3.52. The topological polar surface area (TPSA) is 38.0 Å². The van der Waals surface area contributed by atoms with E-state index in [4.69, 9.17) is 5.84 Å². The van der Waals surface area contributed by atoms with E-state index in [1.807, 2.05) is 0 Å². The zero-order chi connectivity index (χ0) is 15.4. The van der Waals surface area contributed by atoms with Gasteiger partial charge in [-0.25, -0.2) is 13.2 Å². The van der Waals surface area contributed by atoms with Crippen molar-refractivity contribution in [2.24, 2.45) is 5.84 Å². The van der Waals surface area contributed by atoms with Crippen LogP contribution >= 0.6 is 0 Å². The second kappa shape index (κ2) is 6.74. The number of benzene rings is 2. The molecule has 1 atom stereocenters. The molecule has 0 radical (unpaired) electrons. The number of hydrazine groups is 1. The van der Waals surface area contributed by atoms with Crippen LogP contribution in [0, 0.1) is 24.4 Å². The van der Waals surface area contributed by atoms with E-state index in [9.17, 15) is 13.2 Å². The highest BCUT2D eigenvalue weighted by molar-refractivity contribution is 5.28. The lowest BCUT2D eigenvalue weighted by molar-refractivity contribution is 0.483. The fourth-order valence-corrected chi connectivity index (χ4v) is 2.32. The zero-order valence-electron chi connectivity index (χ0n) is 11.7. The first kappa shape index (κ1) is 15.5. The van der Waals surface area contributed by atoms with E-state index in [0.717, 1.165) is 11.1 Å². The highest BCUT2D eigenvalue weighted by atomic mass is 19.1. The van der Waals surface area contributed by atoms with Crippen LogP contribution in [0.2, 0.25) is 0 Å². The molecule has 0 saturated carbocycles. The molecule has 0 heterocycles. The maximum atomic E-state index is 13.7.